The maximum atomic E-state index is 11.1. The zero-order chi connectivity index (χ0) is 16.9. The van der Waals surface area contributed by atoms with Gasteiger partial charge in [0.15, 0.2) is 0 Å². The third-order valence-electron chi connectivity index (χ3n) is 4.37. The van der Waals surface area contributed by atoms with Gasteiger partial charge in [0.1, 0.15) is 0 Å². The first kappa shape index (κ1) is 16.5. The van der Waals surface area contributed by atoms with Gasteiger partial charge < -0.3 is 5.11 Å². The number of carboxylic acid groups (broad SMARTS) is 1. The molecule has 2 aromatic carbocycles. The predicted octanol–water partition coefficient (Wildman–Crippen LogP) is 5.16. The maximum Gasteiger partial charge on any atom is 0.337 e. The van der Waals surface area contributed by atoms with Crippen LogP contribution in [0.25, 0.3) is 0 Å². The molecule has 1 aliphatic carbocycles. The highest BCUT2D eigenvalue weighted by molar-refractivity contribution is 6.33. The molecule has 1 aliphatic rings. The normalized spacial score (nSPS) is 17.4. The van der Waals surface area contributed by atoms with Gasteiger partial charge in [0, 0.05) is 5.71 Å². The molecule has 0 radical (unpaired) electrons. The SMILES string of the molecule is O=C(O)c1cc(NN=C2CCC(c3ccccc3)CC2)ccc1Cl. The van der Waals surface area contributed by atoms with Crippen LogP contribution in [0, 0.1) is 0 Å². The number of anilines is 1. The number of aromatic carboxylic acids is 1. The average molecular weight is 343 g/mol. The first-order valence-corrected chi connectivity index (χ1v) is 8.40. The first-order chi connectivity index (χ1) is 11.6. The van der Waals surface area contributed by atoms with Crippen molar-refractivity contribution in [1.82, 2.24) is 0 Å². The van der Waals surface area contributed by atoms with Gasteiger partial charge in [-0.2, -0.15) is 5.10 Å². The number of nitrogens with zero attached hydrogens (tertiary/aromatic N) is 1. The topological polar surface area (TPSA) is 61.7 Å². The highest BCUT2D eigenvalue weighted by Gasteiger charge is 2.19. The van der Waals surface area contributed by atoms with Crippen molar-refractivity contribution in [3.8, 4) is 0 Å². The summed E-state index contributed by atoms with van der Waals surface area (Å²) >= 11 is 5.87. The summed E-state index contributed by atoms with van der Waals surface area (Å²) in [5.74, 6) is -0.445. The van der Waals surface area contributed by atoms with Crippen LogP contribution in [0.4, 0.5) is 5.69 Å². The number of halogens is 1. The van der Waals surface area contributed by atoms with E-state index in [1.807, 2.05) is 6.07 Å². The van der Waals surface area contributed by atoms with Crippen molar-refractivity contribution in [3.05, 3.63) is 64.7 Å². The summed E-state index contributed by atoms with van der Waals surface area (Å²) in [5.41, 5.74) is 6.19. The minimum atomic E-state index is -1.04. The monoisotopic (exact) mass is 342 g/mol. The van der Waals surface area contributed by atoms with Crippen molar-refractivity contribution in [2.24, 2.45) is 5.10 Å². The molecule has 0 bridgehead atoms. The molecule has 0 spiro atoms. The maximum absolute atomic E-state index is 11.1. The molecule has 3 rings (SSSR count). The van der Waals surface area contributed by atoms with Crippen molar-refractivity contribution in [3.63, 3.8) is 0 Å². The molecule has 0 unspecified atom stereocenters. The summed E-state index contributed by atoms with van der Waals surface area (Å²) < 4.78 is 0. The quantitative estimate of drug-likeness (QED) is 0.754. The summed E-state index contributed by atoms with van der Waals surface area (Å²) in [5, 5.41) is 13.8. The number of rotatable bonds is 4. The van der Waals surface area contributed by atoms with Crippen molar-refractivity contribution in [2.75, 3.05) is 5.43 Å². The van der Waals surface area contributed by atoms with Gasteiger partial charge in [-0.25, -0.2) is 4.79 Å². The molecule has 2 N–H and O–H groups in total. The molecule has 4 nitrogen and oxygen atoms in total. The van der Waals surface area contributed by atoms with E-state index in [1.165, 1.54) is 11.6 Å². The van der Waals surface area contributed by atoms with E-state index in [0.717, 1.165) is 31.4 Å². The van der Waals surface area contributed by atoms with Gasteiger partial charge in [0.2, 0.25) is 0 Å². The number of benzene rings is 2. The lowest BCUT2D eigenvalue weighted by atomic mass is 9.83. The van der Waals surface area contributed by atoms with Crippen molar-refractivity contribution in [1.29, 1.82) is 0 Å². The molecule has 0 amide bonds. The van der Waals surface area contributed by atoms with Crippen molar-refractivity contribution < 1.29 is 9.90 Å². The zero-order valence-electron chi connectivity index (χ0n) is 13.2. The highest BCUT2D eigenvalue weighted by Crippen LogP contribution is 2.31. The Morgan fingerprint density at radius 3 is 2.50 bits per heavy atom. The fourth-order valence-electron chi connectivity index (χ4n) is 3.02. The molecule has 24 heavy (non-hydrogen) atoms. The van der Waals surface area contributed by atoms with Crippen LogP contribution in [0.5, 0.6) is 0 Å². The van der Waals surface area contributed by atoms with Crippen molar-refractivity contribution >= 4 is 29.0 Å². The Morgan fingerprint density at radius 2 is 1.83 bits per heavy atom. The minimum absolute atomic E-state index is 0.0784. The Labute approximate surface area is 146 Å². The second-order valence-electron chi connectivity index (χ2n) is 5.97. The Hall–Kier alpha value is -2.33. The largest absolute Gasteiger partial charge is 0.478 e. The van der Waals surface area contributed by atoms with Crippen LogP contribution in [0.1, 0.15) is 47.5 Å². The fraction of sp³-hybridized carbons (Fsp3) is 0.263. The molecule has 1 fully saturated rings. The van der Waals surface area contributed by atoms with Gasteiger partial charge in [0.25, 0.3) is 0 Å². The number of hydrogen-bond donors (Lipinski definition) is 2. The summed E-state index contributed by atoms with van der Waals surface area (Å²) in [6.45, 7) is 0. The molecule has 0 aromatic heterocycles. The van der Waals surface area contributed by atoms with Gasteiger partial charge in [-0.15, -0.1) is 0 Å². The summed E-state index contributed by atoms with van der Waals surface area (Å²) in [6.07, 6.45) is 4.08. The summed E-state index contributed by atoms with van der Waals surface area (Å²) in [6, 6.07) is 15.4. The van der Waals surface area contributed by atoms with Crippen LogP contribution in [0.3, 0.4) is 0 Å². The second-order valence-corrected chi connectivity index (χ2v) is 6.38. The van der Waals surface area contributed by atoms with Crippen LogP contribution in [0.2, 0.25) is 5.02 Å². The fourth-order valence-corrected chi connectivity index (χ4v) is 3.22. The van der Waals surface area contributed by atoms with E-state index < -0.39 is 5.97 Å². The predicted molar refractivity (Wildman–Crippen MR) is 97.1 cm³/mol. The molecular formula is C19H19ClN2O2. The number of nitrogens with one attached hydrogen (secondary N) is 1. The minimum Gasteiger partial charge on any atom is -0.478 e. The van der Waals surface area contributed by atoms with Crippen LogP contribution < -0.4 is 5.43 Å². The second kappa shape index (κ2) is 7.49. The average Bonchev–Trinajstić information content (AvgIpc) is 2.62. The van der Waals surface area contributed by atoms with E-state index in [9.17, 15) is 4.79 Å². The van der Waals surface area contributed by atoms with E-state index >= 15 is 0 Å². The highest BCUT2D eigenvalue weighted by atomic mass is 35.5. The van der Waals surface area contributed by atoms with Gasteiger partial charge in [0.05, 0.1) is 16.3 Å². The number of hydrazone groups is 1. The Bertz CT molecular complexity index is 749. The smallest absolute Gasteiger partial charge is 0.337 e. The Balaban J connectivity index is 1.61. The van der Waals surface area contributed by atoms with E-state index in [2.05, 4.69) is 34.8 Å². The van der Waals surface area contributed by atoms with Crippen molar-refractivity contribution in [2.45, 2.75) is 31.6 Å². The first-order valence-electron chi connectivity index (χ1n) is 8.02. The molecule has 0 heterocycles. The molecular weight excluding hydrogens is 324 g/mol. The lowest BCUT2D eigenvalue weighted by molar-refractivity contribution is 0.0697. The third kappa shape index (κ3) is 3.95. The standard InChI is InChI=1S/C19H19ClN2O2/c20-18-11-10-16(12-17(18)19(23)24)22-21-15-8-6-14(7-9-15)13-4-2-1-3-5-13/h1-5,10-12,14,22H,6-9H2,(H,23,24). The van der Waals surface area contributed by atoms with Crippen LogP contribution in [-0.2, 0) is 0 Å². The third-order valence-corrected chi connectivity index (χ3v) is 4.70. The molecule has 0 saturated heterocycles. The molecule has 1 saturated carbocycles. The summed E-state index contributed by atoms with van der Waals surface area (Å²) in [4.78, 5) is 11.1. The van der Waals surface area contributed by atoms with Gasteiger partial charge in [-0.1, -0.05) is 41.9 Å². The Morgan fingerprint density at radius 1 is 1.12 bits per heavy atom. The van der Waals surface area contributed by atoms with E-state index in [-0.39, 0.29) is 10.6 Å². The van der Waals surface area contributed by atoms with Crippen LogP contribution >= 0.6 is 11.6 Å². The van der Waals surface area contributed by atoms with E-state index in [1.54, 1.807) is 12.1 Å². The lowest BCUT2D eigenvalue weighted by Crippen LogP contribution is -2.14. The number of hydrogen-bond acceptors (Lipinski definition) is 3. The van der Waals surface area contributed by atoms with Crippen LogP contribution in [0.15, 0.2) is 53.6 Å². The van der Waals surface area contributed by atoms with E-state index in [0.29, 0.717) is 11.6 Å². The van der Waals surface area contributed by atoms with Gasteiger partial charge in [-0.05, 0) is 55.4 Å². The molecule has 0 atom stereocenters. The van der Waals surface area contributed by atoms with Gasteiger partial charge >= 0.3 is 5.97 Å². The molecule has 0 aliphatic heterocycles. The summed E-state index contributed by atoms with van der Waals surface area (Å²) in [7, 11) is 0. The van der Waals surface area contributed by atoms with Gasteiger partial charge in [-0.3, -0.25) is 5.43 Å². The lowest BCUT2D eigenvalue weighted by Gasteiger charge is -2.23. The number of carboxylic acids is 1. The van der Waals surface area contributed by atoms with Crippen LogP contribution in [-0.4, -0.2) is 16.8 Å². The number of carbonyl (C=O) groups is 1. The molecule has 5 heteroatoms. The molecule has 2 aromatic rings. The van der Waals surface area contributed by atoms with E-state index in [4.69, 9.17) is 16.7 Å². The Kier molecular flexibility index (Phi) is 5.16. The zero-order valence-corrected chi connectivity index (χ0v) is 14.0. The molecule has 124 valence electrons.